The molecule has 2 aromatic carbocycles. The first-order valence-electron chi connectivity index (χ1n) is 6.94. The molecule has 6 heteroatoms. The predicted molar refractivity (Wildman–Crippen MR) is 87.1 cm³/mol. The van der Waals surface area contributed by atoms with Gasteiger partial charge in [0.05, 0.1) is 18.4 Å². The van der Waals surface area contributed by atoms with Crippen LogP contribution in [0.2, 0.25) is 5.02 Å². The van der Waals surface area contributed by atoms with Crippen molar-refractivity contribution in [3.05, 3.63) is 82.9 Å². The van der Waals surface area contributed by atoms with Crippen molar-refractivity contribution in [1.82, 2.24) is 9.78 Å². The number of nitrogens with zero attached hydrogens (tertiary/aromatic N) is 2. The van der Waals surface area contributed by atoms with Gasteiger partial charge in [-0.15, -0.1) is 0 Å². The quantitative estimate of drug-likeness (QED) is 0.787. The Labute approximate surface area is 137 Å². The number of nitrogens with one attached hydrogen (secondary N) is 1. The highest BCUT2D eigenvalue weighted by atomic mass is 35.5. The monoisotopic (exact) mass is 329 g/mol. The first kappa shape index (κ1) is 15.2. The van der Waals surface area contributed by atoms with E-state index in [1.54, 1.807) is 16.9 Å². The summed E-state index contributed by atoms with van der Waals surface area (Å²) in [5.41, 5.74) is 1.72. The maximum Gasteiger partial charge on any atom is 0.255 e. The summed E-state index contributed by atoms with van der Waals surface area (Å²) in [5.74, 6) is -0.839. The maximum absolute atomic E-state index is 13.1. The van der Waals surface area contributed by atoms with Crippen LogP contribution >= 0.6 is 11.6 Å². The average molecular weight is 330 g/mol. The molecule has 0 atom stereocenters. The number of hydrogen-bond acceptors (Lipinski definition) is 2. The molecule has 1 heterocycles. The predicted octanol–water partition coefficient (Wildman–Crippen LogP) is 3.98. The van der Waals surface area contributed by atoms with Gasteiger partial charge in [0.2, 0.25) is 0 Å². The second kappa shape index (κ2) is 6.62. The Hall–Kier alpha value is -2.66. The van der Waals surface area contributed by atoms with Gasteiger partial charge in [0.15, 0.2) is 0 Å². The van der Waals surface area contributed by atoms with Crippen LogP contribution in [0.3, 0.4) is 0 Å². The molecule has 0 fully saturated rings. The molecule has 1 N–H and O–H groups in total. The molecule has 0 unspecified atom stereocenters. The number of carbonyl (C=O) groups excluding carboxylic acids is 1. The van der Waals surface area contributed by atoms with E-state index in [4.69, 9.17) is 11.6 Å². The Balaban J connectivity index is 1.70. The molecule has 4 nitrogen and oxygen atoms in total. The standard InChI is InChI=1S/C17H13ClFN3O/c18-16-7-2-1-4-13(16)10-22-11-15(9-20-22)21-17(23)12-5-3-6-14(19)8-12/h1-9,11H,10H2,(H,21,23). The summed E-state index contributed by atoms with van der Waals surface area (Å²) in [7, 11) is 0. The van der Waals surface area contributed by atoms with Crippen molar-refractivity contribution < 1.29 is 9.18 Å². The maximum atomic E-state index is 13.1. The normalized spacial score (nSPS) is 10.5. The fourth-order valence-electron chi connectivity index (χ4n) is 2.15. The SMILES string of the molecule is O=C(Nc1cnn(Cc2ccccc2Cl)c1)c1cccc(F)c1. The molecule has 0 saturated heterocycles. The number of amides is 1. The van der Waals surface area contributed by atoms with Gasteiger partial charge in [-0.25, -0.2) is 4.39 Å². The average Bonchev–Trinajstić information content (AvgIpc) is 2.97. The number of benzene rings is 2. The summed E-state index contributed by atoms with van der Waals surface area (Å²) in [6.07, 6.45) is 3.23. The molecule has 3 rings (SSSR count). The lowest BCUT2D eigenvalue weighted by molar-refractivity contribution is 0.102. The molecule has 23 heavy (non-hydrogen) atoms. The second-order valence-corrected chi connectivity index (χ2v) is 5.39. The van der Waals surface area contributed by atoms with Crippen molar-refractivity contribution in [2.75, 3.05) is 5.32 Å². The minimum atomic E-state index is -0.452. The number of hydrogen-bond donors (Lipinski definition) is 1. The molecule has 0 saturated carbocycles. The number of anilines is 1. The Bertz CT molecular complexity index is 847. The second-order valence-electron chi connectivity index (χ2n) is 4.98. The van der Waals surface area contributed by atoms with Crippen LogP contribution in [-0.2, 0) is 6.54 Å². The summed E-state index contributed by atoms with van der Waals surface area (Å²) >= 11 is 6.11. The van der Waals surface area contributed by atoms with E-state index in [1.165, 1.54) is 24.4 Å². The Morgan fingerprint density at radius 3 is 2.83 bits per heavy atom. The molecular weight excluding hydrogens is 317 g/mol. The van der Waals surface area contributed by atoms with Crippen molar-refractivity contribution in [3.8, 4) is 0 Å². The Morgan fingerprint density at radius 1 is 1.22 bits per heavy atom. The van der Waals surface area contributed by atoms with Gasteiger partial charge < -0.3 is 5.32 Å². The molecule has 0 aliphatic carbocycles. The molecule has 1 amide bonds. The van der Waals surface area contributed by atoms with E-state index in [9.17, 15) is 9.18 Å². The molecule has 3 aromatic rings. The summed E-state index contributed by atoms with van der Waals surface area (Å²) in [6.45, 7) is 0.496. The van der Waals surface area contributed by atoms with Crippen molar-refractivity contribution in [2.24, 2.45) is 0 Å². The third-order valence-electron chi connectivity index (χ3n) is 3.27. The van der Waals surface area contributed by atoms with Crippen LogP contribution < -0.4 is 5.32 Å². The van der Waals surface area contributed by atoms with Crippen LogP contribution in [0.25, 0.3) is 0 Å². The lowest BCUT2D eigenvalue weighted by Gasteiger charge is -2.04. The minimum absolute atomic E-state index is 0.254. The summed E-state index contributed by atoms with van der Waals surface area (Å²) < 4.78 is 14.8. The van der Waals surface area contributed by atoms with E-state index in [0.717, 1.165) is 5.56 Å². The highest BCUT2D eigenvalue weighted by molar-refractivity contribution is 6.31. The molecule has 1 aromatic heterocycles. The van der Waals surface area contributed by atoms with Crippen LogP contribution in [0.1, 0.15) is 15.9 Å². The zero-order chi connectivity index (χ0) is 16.2. The van der Waals surface area contributed by atoms with Gasteiger partial charge in [0.1, 0.15) is 5.82 Å². The molecule has 0 aliphatic heterocycles. The van der Waals surface area contributed by atoms with Crippen LogP contribution in [0.15, 0.2) is 60.9 Å². The fourth-order valence-corrected chi connectivity index (χ4v) is 2.34. The van der Waals surface area contributed by atoms with Crippen LogP contribution in [0.5, 0.6) is 0 Å². The highest BCUT2D eigenvalue weighted by Gasteiger charge is 2.09. The van der Waals surface area contributed by atoms with Gasteiger partial charge in [-0.3, -0.25) is 9.48 Å². The van der Waals surface area contributed by atoms with Gasteiger partial charge in [0, 0.05) is 16.8 Å². The summed E-state index contributed by atoms with van der Waals surface area (Å²) in [6, 6.07) is 13.0. The number of aromatic nitrogens is 2. The van der Waals surface area contributed by atoms with Crippen LogP contribution in [0, 0.1) is 5.82 Å². The van der Waals surface area contributed by atoms with E-state index >= 15 is 0 Å². The lowest BCUT2D eigenvalue weighted by atomic mass is 10.2. The van der Waals surface area contributed by atoms with Crippen molar-refractivity contribution in [2.45, 2.75) is 6.54 Å². The third-order valence-corrected chi connectivity index (χ3v) is 3.64. The molecule has 0 radical (unpaired) electrons. The fraction of sp³-hybridized carbons (Fsp3) is 0.0588. The third kappa shape index (κ3) is 3.76. The van der Waals surface area contributed by atoms with Crippen LogP contribution in [-0.4, -0.2) is 15.7 Å². The first-order valence-corrected chi connectivity index (χ1v) is 7.32. The lowest BCUT2D eigenvalue weighted by Crippen LogP contribution is -2.11. The van der Waals surface area contributed by atoms with Gasteiger partial charge >= 0.3 is 0 Å². The van der Waals surface area contributed by atoms with E-state index in [0.29, 0.717) is 17.3 Å². The van der Waals surface area contributed by atoms with E-state index < -0.39 is 5.82 Å². The molecule has 116 valence electrons. The van der Waals surface area contributed by atoms with Crippen molar-refractivity contribution >= 4 is 23.2 Å². The van der Waals surface area contributed by atoms with Gasteiger partial charge in [0.25, 0.3) is 5.91 Å². The number of carbonyl (C=O) groups is 1. The van der Waals surface area contributed by atoms with Crippen molar-refractivity contribution in [1.29, 1.82) is 0 Å². The molecular formula is C17H13ClFN3O. The van der Waals surface area contributed by atoms with E-state index in [2.05, 4.69) is 10.4 Å². The Morgan fingerprint density at radius 2 is 2.04 bits per heavy atom. The molecule has 0 spiro atoms. The largest absolute Gasteiger partial charge is 0.319 e. The minimum Gasteiger partial charge on any atom is -0.319 e. The van der Waals surface area contributed by atoms with Gasteiger partial charge in [-0.05, 0) is 29.8 Å². The summed E-state index contributed by atoms with van der Waals surface area (Å²) in [4.78, 5) is 12.1. The molecule has 0 bridgehead atoms. The van der Waals surface area contributed by atoms with Crippen molar-refractivity contribution in [3.63, 3.8) is 0 Å². The number of rotatable bonds is 4. The zero-order valence-corrected chi connectivity index (χ0v) is 12.8. The topological polar surface area (TPSA) is 46.9 Å². The molecule has 0 aliphatic rings. The Kier molecular flexibility index (Phi) is 4.39. The van der Waals surface area contributed by atoms with E-state index in [1.807, 2.05) is 24.3 Å². The number of halogens is 2. The highest BCUT2D eigenvalue weighted by Crippen LogP contribution is 2.17. The first-order chi connectivity index (χ1) is 11.1. The zero-order valence-electron chi connectivity index (χ0n) is 12.0. The van der Waals surface area contributed by atoms with Gasteiger partial charge in [-0.1, -0.05) is 35.9 Å². The smallest absolute Gasteiger partial charge is 0.255 e. The van der Waals surface area contributed by atoms with Crippen LogP contribution in [0.4, 0.5) is 10.1 Å². The van der Waals surface area contributed by atoms with E-state index in [-0.39, 0.29) is 11.5 Å². The van der Waals surface area contributed by atoms with Gasteiger partial charge in [-0.2, -0.15) is 5.10 Å². The summed E-state index contributed by atoms with van der Waals surface area (Å²) in [5, 5.41) is 7.53.